The first kappa shape index (κ1) is 17.5. The summed E-state index contributed by atoms with van der Waals surface area (Å²) in [6.07, 6.45) is 0. The summed E-state index contributed by atoms with van der Waals surface area (Å²) >= 11 is 0. The monoisotopic (exact) mass is 332 g/mol. The van der Waals surface area contributed by atoms with Gasteiger partial charge in [0.15, 0.2) is 0 Å². The van der Waals surface area contributed by atoms with Gasteiger partial charge in [0.05, 0.1) is 12.6 Å². The molecule has 1 aromatic heterocycles. The van der Waals surface area contributed by atoms with Crippen molar-refractivity contribution in [3.05, 3.63) is 29.8 Å². The average molecular weight is 332 g/mol. The topological polar surface area (TPSA) is 97.8 Å². The van der Waals surface area contributed by atoms with Crippen molar-refractivity contribution in [2.75, 3.05) is 19.0 Å². The third-order valence-electron chi connectivity index (χ3n) is 3.08. The van der Waals surface area contributed by atoms with Crippen LogP contribution in [0.25, 0.3) is 10.9 Å². The molecule has 128 valence electrons. The summed E-state index contributed by atoms with van der Waals surface area (Å²) in [7, 11) is 1.54. The highest BCUT2D eigenvalue weighted by atomic mass is 16.6. The van der Waals surface area contributed by atoms with E-state index in [1.807, 2.05) is 0 Å². The van der Waals surface area contributed by atoms with E-state index in [-0.39, 0.29) is 17.9 Å². The number of esters is 1. The molecule has 0 radical (unpaired) electrons. The number of aromatic nitrogens is 1. The maximum absolute atomic E-state index is 11.8. The molecule has 0 spiro atoms. The summed E-state index contributed by atoms with van der Waals surface area (Å²) in [5.74, 6) is -0.913. The van der Waals surface area contributed by atoms with E-state index >= 15 is 0 Å². The fraction of sp³-hybridized carbons (Fsp3) is 0.353. The van der Waals surface area contributed by atoms with Gasteiger partial charge in [0.25, 0.3) is 0 Å². The Labute approximate surface area is 139 Å². The first-order valence-electron chi connectivity index (χ1n) is 7.37. The standard InChI is InChI=1S/C17H20N2O5/c1-17(2,3)24-14(20)9-18-15-12(16(21)22)7-10-5-6-11(23-4)8-13(10)19-15/h5-8H,9H2,1-4H3,(H,18,19)(H,21,22). The molecule has 1 aromatic carbocycles. The van der Waals surface area contributed by atoms with Crippen LogP contribution in [0.1, 0.15) is 31.1 Å². The molecule has 0 amide bonds. The number of aromatic carboxylic acids is 1. The number of hydrogen-bond acceptors (Lipinski definition) is 6. The molecule has 0 aliphatic heterocycles. The zero-order valence-corrected chi connectivity index (χ0v) is 14.0. The maximum atomic E-state index is 11.8. The maximum Gasteiger partial charge on any atom is 0.339 e. The molecular weight excluding hydrogens is 312 g/mol. The van der Waals surface area contributed by atoms with Gasteiger partial charge in [-0.05, 0) is 39.0 Å². The Bertz CT molecular complexity index is 780. The molecule has 0 saturated carbocycles. The summed E-state index contributed by atoms with van der Waals surface area (Å²) in [5, 5.41) is 12.8. The van der Waals surface area contributed by atoms with Crippen molar-refractivity contribution in [1.82, 2.24) is 4.98 Å². The minimum absolute atomic E-state index is 0.0174. The van der Waals surface area contributed by atoms with Crippen LogP contribution in [-0.2, 0) is 9.53 Å². The summed E-state index contributed by atoms with van der Waals surface area (Å²) in [6.45, 7) is 5.09. The first-order chi connectivity index (χ1) is 11.2. The predicted octanol–water partition coefficient (Wildman–Crippen LogP) is 2.70. The van der Waals surface area contributed by atoms with Gasteiger partial charge < -0.3 is 19.9 Å². The number of methoxy groups -OCH3 is 1. The van der Waals surface area contributed by atoms with Crippen LogP contribution < -0.4 is 10.1 Å². The quantitative estimate of drug-likeness (QED) is 0.812. The highest BCUT2D eigenvalue weighted by Gasteiger charge is 2.18. The lowest BCUT2D eigenvalue weighted by Crippen LogP contribution is -2.28. The van der Waals surface area contributed by atoms with E-state index in [1.54, 1.807) is 39.0 Å². The lowest BCUT2D eigenvalue weighted by atomic mass is 10.1. The number of ether oxygens (including phenoxy) is 2. The minimum Gasteiger partial charge on any atom is -0.497 e. The number of hydrogen-bond donors (Lipinski definition) is 2. The average Bonchev–Trinajstić information content (AvgIpc) is 2.49. The molecule has 2 aromatic rings. The molecule has 2 rings (SSSR count). The minimum atomic E-state index is -1.13. The van der Waals surface area contributed by atoms with E-state index in [2.05, 4.69) is 10.3 Å². The molecular formula is C17H20N2O5. The number of nitrogens with one attached hydrogen (secondary N) is 1. The number of carbonyl (C=O) groups excluding carboxylic acids is 1. The van der Waals surface area contributed by atoms with Gasteiger partial charge in [0, 0.05) is 11.5 Å². The molecule has 0 bridgehead atoms. The van der Waals surface area contributed by atoms with Crippen LogP contribution in [0.15, 0.2) is 24.3 Å². The van der Waals surface area contributed by atoms with Gasteiger partial charge >= 0.3 is 11.9 Å². The zero-order chi connectivity index (χ0) is 17.9. The van der Waals surface area contributed by atoms with Crippen LogP contribution in [0.2, 0.25) is 0 Å². The number of rotatable bonds is 5. The van der Waals surface area contributed by atoms with Crippen molar-refractivity contribution in [3.8, 4) is 5.75 Å². The van der Waals surface area contributed by atoms with Crippen molar-refractivity contribution >= 4 is 28.7 Å². The van der Waals surface area contributed by atoms with Crippen LogP contribution in [0.5, 0.6) is 5.75 Å². The van der Waals surface area contributed by atoms with Crippen LogP contribution in [0.4, 0.5) is 5.82 Å². The van der Waals surface area contributed by atoms with Gasteiger partial charge in [0.2, 0.25) is 0 Å². The summed E-state index contributed by atoms with van der Waals surface area (Å²) in [4.78, 5) is 27.5. The van der Waals surface area contributed by atoms with Crippen LogP contribution in [0.3, 0.4) is 0 Å². The third kappa shape index (κ3) is 4.34. The van der Waals surface area contributed by atoms with Crippen molar-refractivity contribution in [2.45, 2.75) is 26.4 Å². The Morgan fingerprint density at radius 3 is 2.54 bits per heavy atom. The van der Waals surface area contributed by atoms with Crippen LogP contribution >= 0.6 is 0 Å². The van der Waals surface area contributed by atoms with E-state index in [9.17, 15) is 14.7 Å². The first-order valence-corrected chi connectivity index (χ1v) is 7.37. The molecule has 0 aliphatic carbocycles. The van der Waals surface area contributed by atoms with Crippen molar-refractivity contribution in [1.29, 1.82) is 0 Å². The molecule has 2 N–H and O–H groups in total. The molecule has 0 saturated heterocycles. The summed E-state index contributed by atoms with van der Waals surface area (Å²) < 4.78 is 10.3. The second-order valence-corrected chi connectivity index (χ2v) is 6.19. The third-order valence-corrected chi connectivity index (χ3v) is 3.08. The van der Waals surface area contributed by atoms with E-state index in [4.69, 9.17) is 9.47 Å². The number of carboxylic acids is 1. The fourth-order valence-electron chi connectivity index (χ4n) is 2.11. The molecule has 0 unspecified atom stereocenters. The zero-order valence-electron chi connectivity index (χ0n) is 14.0. The number of fused-ring (bicyclic) bond motifs is 1. The number of carbonyl (C=O) groups is 2. The largest absolute Gasteiger partial charge is 0.497 e. The van der Waals surface area contributed by atoms with E-state index < -0.39 is 17.5 Å². The smallest absolute Gasteiger partial charge is 0.339 e. The number of benzene rings is 1. The number of anilines is 1. The van der Waals surface area contributed by atoms with Crippen LogP contribution in [0, 0.1) is 0 Å². The number of carboxylic acid groups (broad SMARTS) is 1. The van der Waals surface area contributed by atoms with Crippen molar-refractivity contribution in [3.63, 3.8) is 0 Å². The SMILES string of the molecule is COc1ccc2cc(C(=O)O)c(NCC(=O)OC(C)(C)C)nc2c1. The van der Waals surface area contributed by atoms with E-state index in [0.29, 0.717) is 16.7 Å². The Hall–Kier alpha value is -2.83. The molecule has 0 aliphatic rings. The summed E-state index contributed by atoms with van der Waals surface area (Å²) in [5.41, 5.74) is -0.0688. The lowest BCUT2D eigenvalue weighted by Gasteiger charge is -2.20. The fourth-order valence-corrected chi connectivity index (χ4v) is 2.11. The van der Waals surface area contributed by atoms with Crippen LogP contribution in [-0.4, -0.2) is 41.3 Å². The van der Waals surface area contributed by atoms with Gasteiger partial charge in [0.1, 0.15) is 29.3 Å². The van der Waals surface area contributed by atoms with E-state index in [0.717, 1.165) is 0 Å². The number of nitrogens with zero attached hydrogens (tertiary/aromatic N) is 1. The molecule has 0 fully saturated rings. The van der Waals surface area contributed by atoms with Crippen molar-refractivity contribution in [2.24, 2.45) is 0 Å². The molecule has 24 heavy (non-hydrogen) atoms. The normalized spacial score (nSPS) is 11.2. The molecule has 0 atom stereocenters. The lowest BCUT2D eigenvalue weighted by molar-refractivity contribution is -0.152. The van der Waals surface area contributed by atoms with E-state index in [1.165, 1.54) is 13.2 Å². The van der Waals surface area contributed by atoms with Gasteiger partial charge in [-0.2, -0.15) is 0 Å². The molecule has 1 heterocycles. The Morgan fingerprint density at radius 2 is 1.96 bits per heavy atom. The van der Waals surface area contributed by atoms with Gasteiger partial charge in [-0.1, -0.05) is 0 Å². The van der Waals surface area contributed by atoms with Gasteiger partial charge in [-0.3, -0.25) is 4.79 Å². The van der Waals surface area contributed by atoms with Crippen molar-refractivity contribution < 1.29 is 24.2 Å². The second kappa shape index (κ2) is 6.74. The highest BCUT2D eigenvalue weighted by Crippen LogP contribution is 2.24. The summed E-state index contributed by atoms with van der Waals surface area (Å²) in [6, 6.07) is 6.65. The second-order valence-electron chi connectivity index (χ2n) is 6.19. The molecule has 7 nitrogen and oxygen atoms in total. The Balaban J connectivity index is 2.31. The number of pyridine rings is 1. The molecule has 7 heteroatoms. The predicted molar refractivity (Wildman–Crippen MR) is 89.6 cm³/mol. The van der Waals surface area contributed by atoms with Gasteiger partial charge in [-0.15, -0.1) is 0 Å². The van der Waals surface area contributed by atoms with Gasteiger partial charge in [-0.25, -0.2) is 9.78 Å². The Kier molecular flexibility index (Phi) is 4.92. The Morgan fingerprint density at radius 1 is 1.25 bits per heavy atom. The highest BCUT2D eigenvalue weighted by molar-refractivity contribution is 5.98.